The fraction of sp³-hybridized carbons (Fsp3) is 0.258. The van der Waals surface area contributed by atoms with Gasteiger partial charge in [0.2, 0.25) is 0 Å². The molecule has 0 saturated carbocycles. The molecule has 0 spiro atoms. The normalized spacial score (nSPS) is 16.3. The molecular weight excluding hydrogens is 540 g/mol. The van der Waals surface area contributed by atoms with Crippen molar-refractivity contribution in [3.8, 4) is 17.2 Å². The van der Waals surface area contributed by atoms with Crippen molar-refractivity contribution in [2.45, 2.75) is 19.4 Å². The molecule has 10 heteroatoms. The number of anilines is 2. The lowest BCUT2D eigenvalue weighted by molar-refractivity contribution is -0.113. The van der Waals surface area contributed by atoms with Crippen LogP contribution in [0.5, 0.6) is 17.2 Å². The molecule has 0 aromatic heterocycles. The first-order valence-corrected chi connectivity index (χ1v) is 14.2. The summed E-state index contributed by atoms with van der Waals surface area (Å²) in [7, 11) is 4.64. The molecule has 9 nitrogen and oxygen atoms in total. The number of carbonyl (C=O) groups is 2. The fourth-order valence-electron chi connectivity index (χ4n) is 5.01. The summed E-state index contributed by atoms with van der Waals surface area (Å²) in [5.74, 6) is 1.97. The number of para-hydroxylation sites is 2. The van der Waals surface area contributed by atoms with E-state index in [9.17, 15) is 9.59 Å². The highest BCUT2D eigenvalue weighted by molar-refractivity contribution is 8.13. The van der Waals surface area contributed by atoms with Crippen LogP contribution in [0, 0.1) is 0 Å². The van der Waals surface area contributed by atoms with Gasteiger partial charge in [0, 0.05) is 24.1 Å². The van der Waals surface area contributed by atoms with E-state index in [4.69, 9.17) is 19.2 Å². The maximum atomic E-state index is 13.9. The molecule has 1 unspecified atom stereocenters. The van der Waals surface area contributed by atoms with Gasteiger partial charge >= 0.3 is 0 Å². The molecule has 2 amide bonds. The van der Waals surface area contributed by atoms with Gasteiger partial charge in [-0.25, -0.2) is 4.99 Å². The van der Waals surface area contributed by atoms with Crippen molar-refractivity contribution in [2.75, 3.05) is 44.3 Å². The number of benzene rings is 3. The molecule has 212 valence electrons. The van der Waals surface area contributed by atoms with Crippen molar-refractivity contribution in [1.29, 1.82) is 0 Å². The molecule has 2 heterocycles. The summed E-state index contributed by atoms with van der Waals surface area (Å²) >= 11 is 1.69. The zero-order valence-corrected chi connectivity index (χ0v) is 24.2. The van der Waals surface area contributed by atoms with Crippen LogP contribution in [0.2, 0.25) is 0 Å². The number of carbonyl (C=O) groups excluding carboxylic acids is 2. The van der Waals surface area contributed by atoms with Gasteiger partial charge in [-0.05, 0) is 55.3 Å². The Balaban J connectivity index is 1.48. The first kappa shape index (κ1) is 28.1. The third kappa shape index (κ3) is 5.88. The number of ether oxygens (including phenoxy) is 3. The number of amides is 2. The van der Waals surface area contributed by atoms with Gasteiger partial charge in [0.1, 0.15) is 17.2 Å². The predicted molar refractivity (Wildman–Crippen MR) is 162 cm³/mol. The SMILES string of the molecule is COc1ccc(C(=O)Nc2cccc(C3C(C(=O)Nc4ccccc4OC)=C(C)N=C4SCCCN43)c2)c(OC)c1. The number of nitrogens with one attached hydrogen (secondary N) is 2. The maximum absolute atomic E-state index is 13.9. The van der Waals surface area contributed by atoms with E-state index < -0.39 is 6.04 Å². The van der Waals surface area contributed by atoms with Crippen LogP contribution in [0.3, 0.4) is 0 Å². The van der Waals surface area contributed by atoms with E-state index in [2.05, 4.69) is 15.5 Å². The van der Waals surface area contributed by atoms with Crippen molar-refractivity contribution in [1.82, 2.24) is 4.90 Å². The smallest absolute Gasteiger partial charge is 0.259 e. The van der Waals surface area contributed by atoms with Crippen LogP contribution in [0.1, 0.15) is 35.3 Å². The molecule has 0 bridgehead atoms. The van der Waals surface area contributed by atoms with E-state index in [0.717, 1.165) is 29.4 Å². The molecule has 5 rings (SSSR count). The molecule has 3 aromatic carbocycles. The second-order valence-corrected chi connectivity index (χ2v) is 10.6. The monoisotopic (exact) mass is 572 g/mol. The third-order valence-electron chi connectivity index (χ3n) is 6.97. The molecule has 0 radical (unpaired) electrons. The zero-order valence-electron chi connectivity index (χ0n) is 23.4. The van der Waals surface area contributed by atoms with Gasteiger partial charge in [-0.15, -0.1) is 0 Å². The number of allylic oxidation sites excluding steroid dienone is 1. The average molecular weight is 573 g/mol. The minimum atomic E-state index is -0.391. The topological polar surface area (TPSA) is 101 Å². The highest BCUT2D eigenvalue weighted by Crippen LogP contribution is 2.41. The van der Waals surface area contributed by atoms with Crippen molar-refractivity contribution < 1.29 is 23.8 Å². The number of nitrogens with zero attached hydrogens (tertiary/aromatic N) is 2. The number of amidine groups is 1. The van der Waals surface area contributed by atoms with Gasteiger partial charge in [0.15, 0.2) is 5.17 Å². The van der Waals surface area contributed by atoms with Crippen LogP contribution >= 0.6 is 11.8 Å². The number of rotatable bonds is 8. The number of aliphatic imine (C=N–C) groups is 1. The Morgan fingerprint density at radius 2 is 1.71 bits per heavy atom. The molecule has 1 saturated heterocycles. The molecule has 0 aliphatic carbocycles. The van der Waals surface area contributed by atoms with Crippen molar-refractivity contribution >= 4 is 40.1 Å². The van der Waals surface area contributed by atoms with Gasteiger partial charge in [-0.2, -0.15) is 0 Å². The Hall–Kier alpha value is -4.44. The molecule has 1 atom stereocenters. The van der Waals surface area contributed by atoms with E-state index >= 15 is 0 Å². The molecule has 2 aliphatic rings. The van der Waals surface area contributed by atoms with E-state index in [1.807, 2.05) is 43.3 Å². The number of thioether (sulfide) groups is 1. The standard InChI is InChI=1S/C31H32N4O5S/c1-19-27(30(37)34-24-11-5-6-12-25(24)39-3)28(35-15-8-16-41-31(35)32-19)20-9-7-10-21(17-20)33-29(36)23-14-13-22(38-2)18-26(23)40-4/h5-7,9-14,17-18,28H,8,15-16H2,1-4H3,(H,33,36)(H,34,37). The largest absolute Gasteiger partial charge is 0.497 e. The second-order valence-electron chi connectivity index (χ2n) is 9.49. The lowest BCUT2D eigenvalue weighted by Crippen LogP contribution is -2.43. The minimum Gasteiger partial charge on any atom is -0.497 e. The molecule has 2 aliphatic heterocycles. The van der Waals surface area contributed by atoms with Crippen LogP contribution in [-0.2, 0) is 4.79 Å². The number of fused-ring (bicyclic) bond motifs is 1. The number of hydrogen-bond acceptors (Lipinski definition) is 8. The minimum absolute atomic E-state index is 0.257. The third-order valence-corrected chi connectivity index (χ3v) is 8.05. The lowest BCUT2D eigenvalue weighted by atomic mass is 9.93. The summed E-state index contributed by atoms with van der Waals surface area (Å²) in [4.78, 5) is 34.1. The number of methoxy groups -OCH3 is 3. The first-order valence-electron chi connectivity index (χ1n) is 13.2. The highest BCUT2D eigenvalue weighted by atomic mass is 32.2. The van der Waals surface area contributed by atoms with Crippen LogP contribution < -0.4 is 24.8 Å². The Kier molecular flexibility index (Phi) is 8.49. The lowest BCUT2D eigenvalue weighted by Gasteiger charge is -2.41. The Bertz CT molecular complexity index is 1540. The first-order chi connectivity index (χ1) is 19.9. The Morgan fingerprint density at radius 3 is 2.49 bits per heavy atom. The van der Waals surface area contributed by atoms with Gasteiger partial charge in [-0.3, -0.25) is 9.59 Å². The Labute approximate surface area is 243 Å². The predicted octanol–water partition coefficient (Wildman–Crippen LogP) is 5.73. The van der Waals surface area contributed by atoms with Crippen molar-refractivity contribution in [3.05, 3.63) is 89.1 Å². The summed E-state index contributed by atoms with van der Waals surface area (Å²) in [6.45, 7) is 2.63. The average Bonchev–Trinajstić information content (AvgIpc) is 3.00. The van der Waals surface area contributed by atoms with E-state index in [-0.39, 0.29) is 11.8 Å². The van der Waals surface area contributed by atoms with E-state index in [1.165, 1.54) is 7.11 Å². The summed E-state index contributed by atoms with van der Waals surface area (Å²) in [6, 6.07) is 19.5. The molecule has 3 aromatic rings. The van der Waals surface area contributed by atoms with Crippen LogP contribution in [0.4, 0.5) is 11.4 Å². The zero-order chi connectivity index (χ0) is 28.9. The summed E-state index contributed by atoms with van der Waals surface area (Å²) in [6.07, 6.45) is 0.967. The van der Waals surface area contributed by atoms with Crippen molar-refractivity contribution in [3.63, 3.8) is 0 Å². The Morgan fingerprint density at radius 1 is 0.902 bits per heavy atom. The summed E-state index contributed by atoms with van der Waals surface area (Å²) in [5, 5.41) is 6.91. The number of hydrogen-bond donors (Lipinski definition) is 2. The molecule has 41 heavy (non-hydrogen) atoms. The van der Waals surface area contributed by atoms with Gasteiger partial charge in [0.05, 0.1) is 49.9 Å². The molecule has 1 fully saturated rings. The molecule has 2 N–H and O–H groups in total. The van der Waals surface area contributed by atoms with Gasteiger partial charge < -0.3 is 29.7 Å². The summed E-state index contributed by atoms with van der Waals surface area (Å²) < 4.78 is 16.1. The van der Waals surface area contributed by atoms with Crippen LogP contribution in [0.15, 0.2) is 83.0 Å². The van der Waals surface area contributed by atoms with Gasteiger partial charge in [0.25, 0.3) is 11.8 Å². The second kappa shape index (κ2) is 12.4. The van der Waals surface area contributed by atoms with Crippen molar-refractivity contribution in [2.24, 2.45) is 4.99 Å². The quantitative estimate of drug-likeness (QED) is 0.356. The van der Waals surface area contributed by atoms with E-state index in [1.54, 1.807) is 56.3 Å². The fourth-order valence-corrected chi connectivity index (χ4v) is 6.03. The van der Waals surface area contributed by atoms with Crippen LogP contribution in [0.25, 0.3) is 0 Å². The van der Waals surface area contributed by atoms with Crippen LogP contribution in [-0.4, -0.2) is 55.5 Å². The van der Waals surface area contributed by atoms with Gasteiger partial charge in [-0.1, -0.05) is 36.0 Å². The highest BCUT2D eigenvalue weighted by Gasteiger charge is 2.37. The molecular formula is C31H32N4O5S. The maximum Gasteiger partial charge on any atom is 0.259 e. The van der Waals surface area contributed by atoms with E-state index in [0.29, 0.717) is 45.5 Å². The summed E-state index contributed by atoms with van der Waals surface area (Å²) in [5.41, 5.74) is 3.62.